The van der Waals surface area contributed by atoms with Crippen LogP contribution in [0.4, 0.5) is 5.69 Å². The monoisotopic (exact) mass is 213 g/mol. The van der Waals surface area contributed by atoms with E-state index in [-0.39, 0.29) is 0 Å². The van der Waals surface area contributed by atoms with Crippen LogP contribution in [-0.2, 0) is 0 Å². The summed E-state index contributed by atoms with van der Waals surface area (Å²) in [6.07, 6.45) is 5.27. The third-order valence-corrected chi connectivity index (χ3v) is 2.48. The summed E-state index contributed by atoms with van der Waals surface area (Å²) < 4.78 is 0. The van der Waals surface area contributed by atoms with Gasteiger partial charge in [-0.2, -0.15) is 0 Å². The van der Waals surface area contributed by atoms with E-state index in [1.165, 1.54) is 0 Å². The maximum atomic E-state index is 5.79. The van der Waals surface area contributed by atoms with Gasteiger partial charge in [-0.1, -0.05) is 13.8 Å². The fourth-order valence-electron chi connectivity index (χ4n) is 1.71. The molecular weight excluding hydrogens is 198 g/mol. The molecule has 0 aliphatic carbocycles. The molecule has 82 valence electrons. The van der Waals surface area contributed by atoms with Crippen LogP contribution in [0.5, 0.6) is 0 Å². The second kappa shape index (κ2) is 4.31. The van der Waals surface area contributed by atoms with Crippen LogP contribution in [0.2, 0.25) is 0 Å². The van der Waals surface area contributed by atoms with Crippen LogP contribution in [0, 0.1) is 0 Å². The molecule has 0 spiro atoms. The predicted molar refractivity (Wildman–Crippen MR) is 66.0 cm³/mol. The molecule has 0 amide bonds. The Kier molecular flexibility index (Phi) is 2.86. The minimum atomic E-state index is 0.378. The van der Waals surface area contributed by atoms with Crippen molar-refractivity contribution in [3.8, 4) is 11.1 Å². The highest BCUT2D eigenvalue weighted by molar-refractivity contribution is 5.69. The van der Waals surface area contributed by atoms with Crippen molar-refractivity contribution in [3.05, 3.63) is 42.5 Å². The maximum Gasteiger partial charge on any atom is 0.0508 e. The van der Waals surface area contributed by atoms with Crippen molar-refractivity contribution in [1.29, 1.82) is 0 Å². The molecule has 0 aliphatic rings. The van der Waals surface area contributed by atoms with Crippen molar-refractivity contribution < 1.29 is 0 Å². The first-order valence-electron chi connectivity index (χ1n) is 5.34. The molecule has 0 saturated heterocycles. The highest BCUT2D eigenvalue weighted by Gasteiger charge is 2.10. The standard InChI is InChI=1S/C13H15N3/c1-9(2)13-12(7-11(14)8-16-13)10-3-5-15-6-4-10/h3-9H,14H2,1-2H3. The van der Waals surface area contributed by atoms with Gasteiger partial charge in [-0.25, -0.2) is 0 Å². The molecule has 0 bridgehead atoms. The molecule has 0 saturated carbocycles. The predicted octanol–water partition coefficient (Wildman–Crippen LogP) is 2.85. The van der Waals surface area contributed by atoms with Gasteiger partial charge in [0.25, 0.3) is 0 Å². The Labute approximate surface area is 95.4 Å². The van der Waals surface area contributed by atoms with Gasteiger partial charge in [0.05, 0.1) is 17.6 Å². The summed E-state index contributed by atoms with van der Waals surface area (Å²) in [6.45, 7) is 4.26. The van der Waals surface area contributed by atoms with E-state index in [9.17, 15) is 0 Å². The van der Waals surface area contributed by atoms with E-state index >= 15 is 0 Å². The smallest absolute Gasteiger partial charge is 0.0508 e. The molecule has 0 unspecified atom stereocenters. The largest absolute Gasteiger partial charge is 0.397 e. The summed E-state index contributed by atoms with van der Waals surface area (Å²) in [6, 6.07) is 5.92. The summed E-state index contributed by atoms with van der Waals surface area (Å²) in [5.74, 6) is 0.378. The maximum absolute atomic E-state index is 5.79. The van der Waals surface area contributed by atoms with E-state index in [1.54, 1.807) is 18.6 Å². The van der Waals surface area contributed by atoms with Gasteiger partial charge in [-0.15, -0.1) is 0 Å². The molecule has 2 aromatic heterocycles. The van der Waals surface area contributed by atoms with Crippen molar-refractivity contribution in [2.45, 2.75) is 19.8 Å². The topological polar surface area (TPSA) is 51.8 Å². The molecule has 0 aliphatic heterocycles. The SMILES string of the molecule is CC(C)c1ncc(N)cc1-c1ccncc1. The quantitative estimate of drug-likeness (QED) is 0.834. The average molecular weight is 213 g/mol. The van der Waals surface area contributed by atoms with Crippen LogP contribution in [0.15, 0.2) is 36.8 Å². The second-order valence-corrected chi connectivity index (χ2v) is 4.09. The summed E-state index contributed by atoms with van der Waals surface area (Å²) in [5.41, 5.74) is 9.75. The summed E-state index contributed by atoms with van der Waals surface area (Å²) >= 11 is 0. The zero-order chi connectivity index (χ0) is 11.5. The van der Waals surface area contributed by atoms with Gasteiger partial charge in [-0.3, -0.25) is 9.97 Å². The minimum absolute atomic E-state index is 0.378. The van der Waals surface area contributed by atoms with Gasteiger partial charge in [0.1, 0.15) is 0 Å². The molecule has 0 aromatic carbocycles. The molecule has 16 heavy (non-hydrogen) atoms. The number of nitrogens with zero attached hydrogens (tertiary/aromatic N) is 2. The molecule has 0 atom stereocenters. The lowest BCUT2D eigenvalue weighted by molar-refractivity contribution is 0.826. The summed E-state index contributed by atoms with van der Waals surface area (Å²) in [4.78, 5) is 8.42. The summed E-state index contributed by atoms with van der Waals surface area (Å²) in [5, 5.41) is 0. The number of rotatable bonds is 2. The highest BCUT2D eigenvalue weighted by Crippen LogP contribution is 2.28. The Morgan fingerprint density at radius 2 is 1.88 bits per heavy atom. The lowest BCUT2D eigenvalue weighted by atomic mass is 9.98. The Bertz CT molecular complexity index is 478. The molecule has 0 radical (unpaired) electrons. The van der Waals surface area contributed by atoms with Gasteiger partial charge in [0.15, 0.2) is 0 Å². The normalized spacial score (nSPS) is 10.7. The molecular formula is C13H15N3. The van der Waals surface area contributed by atoms with Gasteiger partial charge >= 0.3 is 0 Å². The van der Waals surface area contributed by atoms with Gasteiger partial charge in [-0.05, 0) is 29.7 Å². The Balaban J connectivity index is 2.58. The van der Waals surface area contributed by atoms with E-state index in [2.05, 4.69) is 23.8 Å². The summed E-state index contributed by atoms with van der Waals surface area (Å²) in [7, 11) is 0. The van der Waals surface area contributed by atoms with Gasteiger partial charge in [0.2, 0.25) is 0 Å². The lowest BCUT2D eigenvalue weighted by Gasteiger charge is -2.12. The van der Waals surface area contributed by atoms with E-state index < -0.39 is 0 Å². The molecule has 3 heteroatoms. The first-order valence-corrected chi connectivity index (χ1v) is 5.34. The second-order valence-electron chi connectivity index (χ2n) is 4.09. The number of anilines is 1. The molecule has 2 rings (SSSR count). The molecule has 2 aromatic rings. The average Bonchev–Trinajstić information content (AvgIpc) is 2.29. The van der Waals surface area contributed by atoms with Crippen LogP contribution < -0.4 is 5.73 Å². The van der Waals surface area contributed by atoms with Crippen molar-refractivity contribution in [2.24, 2.45) is 0 Å². The van der Waals surface area contributed by atoms with Crippen LogP contribution in [0.25, 0.3) is 11.1 Å². The molecule has 0 fully saturated rings. The Morgan fingerprint density at radius 1 is 1.19 bits per heavy atom. The third kappa shape index (κ3) is 2.03. The van der Waals surface area contributed by atoms with Crippen molar-refractivity contribution >= 4 is 5.69 Å². The zero-order valence-electron chi connectivity index (χ0n) is 9.51. The van der Waals surface area contributed by atoms with Crippen LogP contribution in [0.1, 0.15) is 25.5 Å². The van der Waals surface area contributed by atoms with E-state index in [4.69, 9.17) is 5.73 Å². The van der Waals surface area contributed by atoms with Gasteiger partial charge in [0, 0.05) is 18.0 Å². The Hall–Kier alpha value is -1.90. The zero-order valence-corrected chi connectivity index (χ0v) is 9.51. The van der Waals surface area contributed by atoms with Crippen LogP contribution in [-0.4, -0.2) is 9.97 Å². The van der Waals surface area contributed by atoms with E-state index in [0.717, 1.165) is 16.8 Å². The number of hydrogen-bond donors (Lipinski definition) is 1. The highest BCUT2D eigenvalue weighted by atomic mass is 14.7. The van der Waals surface area contributed by atoms with Crippen molar-refractivity contribution in [3.63, 3.8) is 0 Å². The van der Waals surface area contributed by atoms with Crippen molar-refractivity contribution in [2.75, 3.05) is 5.73 Å². The fourth-order valence-corrected chi connectivity index (χ4v) is 1.71. The first-order chi connectivity index (χ1) is 7.68. The van der Waals surface area contributed by atoms with Crippen LogP contribution in [0.3, 0.4) is 0 Å². The number of nitrogens with two attached hydrogens (primary N) is 1. The molecule has 3 nitrogen and oxygen atoms in total. The number of hydrogen-bond acceptors (Lipinski definition) is 3. The minimum Gasteiger partial charge on any atom is -0.397 e. The Morgan fingerprint density at radius 3 is 2.50 bits per heavy atom. The fraction of sp³-hybridized carbons (Fsp3) is 0.231. The molecule has 2 N–H and O–H groups in total. The first kappa shape index (κ1) is 10.6. The lowest BCUT2D eigenvalue weighted by Crippen LogP contribution is -1.98. The van der Waals surface area contributed by atoms with Crippen molar-refractivity contribution in [1.82, 2.24) is 9.97 Å². The van der Waals surface area contributed by atoms with E-state index in [1.807, 2.05) is 18.2 Å². The van der Waals surface area contributed by atoms with E-state index in [0.29, 0.717) is 11.6 Å². The number of pyridine rings is 2. The number of aromatic nitrogens is 2. The van der Waals surface area contributed by atoms with Gasteiger partial charge < -0.3 is 5.73 Å². The third-order valence-electron chi connectivity index (χ3n) is 2.48. The number of nitrogen functional groups attached to an aromatic ring is 1. The molecule has 2 heterocycles. The van der Waals surface area contributed by atoms with Crippen LogP contribution >= 0.6 is 0 Å².